The zero-order chi connectivity index (χ0) is 13.0. The fourth-order valence-corrected chi connectivity index (χ4v) is 2.87. The first-order valence-electron chi connectivity index (χ1n) is 6.85. The van der Waals surface area contributed by atoms with E-state index < -0.39 is 0 Å². The van der Waals surface area contributed by atoms with Gasteiger partial charge in [-0.05, 0) is 32.4 Å². The van der Waals surface area contributed by atoms with Gasteiger partial charge in [0.2, 0.25) is 0 Å². The van der Waals surface area contributed by atoms with Crippen LogP contribution in [0.25, 0.3) is 0 Å². The molecule has 2 N–H and O–H groups in total. The predicted octanol–water partition coefficient (Wildman–Crippen LogP) is 2.19. The lowest BCUT2D eigenvalue weighted by Crippen LogP contribution is -2.47. The van der Waals surface area contributed by atoms with E-state index in [4.69, 9.17) is 10.5 Å². The molecule has 18 heavy (non-hydrogen) atoms. The normalized spacial score (nSPS) is 27.1. The molecule has 0 saturated carbocycles. The van der Waals surface area contributed by atoms with E-state index in [1.807, 2.05) is 0 Å². The van der Waals surface area contributed by atoms with Gasteiger partial charge < -0.3 is 10.5 Å². The van der Waals surface area contributed by atoms with Crippen LogP contribution in [0.5, 0.6) is 0 Å². The van der Waals surface area contributed by atoms with Crippen molar-refractivity contribution < 1.29 is 4.74 Å². The Hall–Kier alpha value is -0.900. The van der Waals surface area contributed by atoms with E-state index in [0.717, 1.165) is 26.1 Å². The van der Waals surface area contributed by atoms with Crippen LogP contribution in [0.15, 0.2) is 30.3 Å². The summed E-state index contributed by atoms with van der Waals surface area (Å²) in [6.45, 7) is 6.99. The lowest BCUT2D eigenvalue weighted by atomic mass is 10.0. The standard InChI is InChI=1S/C15H24N2O/c1-12-10-17(11-13(2)18-12)15(8-9-16)14-6-4-3-5-7-14/h3-7,12-13,15H,8-11,16H2,1-2H3. The van der Waals surface area contributed by atoms with Crippen molar-refractivity contribution in [2.45, 2.75) is 38.5 Å². The van der Waals surface area contributed by atoms with Gasteiger partial charge in [0.05, 0.1) is 12.2 Å². The molecule has 0 amide bonds. The largest absolute Gasteiger partial charge is 0.373 e. The number of rotatable bonds is 4. The summed E-state index contributed by atoms with van der Waals surface area (Å²) in [6.07, 6.45) is 1.61. The molecular weight excluding hydrogens is 224 g/mol. The van der Waals surface area contributed by atoms with E-state index in [9.17, 15) is 0 Å². The van der Waals surface area contributed by atoms with E-state index in [1.54, 1.807) is 0 Å². The van der Waals surface area contributed by atoms with Gasteiger partial charge >= 0.3 is 0 Å². The molecule has 1 aliphatic heterocycles. The van der Waals surface area contributed by atoms with Gasteiger partial charge in [0, 0.05) is 19.1 Å². The summed E-state index contributed by atoms with van der Waals surface area (Å²) in [7, 11) is 0. The molecule has 1 fully saturated rings. The highest BCUT2D eigenvalue weighted by Crippen LogP contribution is 2.27. The highest BCUT2D eigenvalue weighted by molar-refractivity contribution is 5.19. The molecule has 2 rings (SSSR count). The number of ether oxygens (including phenoxy) is 1. The van der Waals surface area contributed by atoms with E-state index in [1.165, 1.54) is 5.56 Å². The molecule has 1 aromatic rings. The maximum atomic E-state index is 5.81. The smallest absolute Gasteiger partial charge is 0.0678 e. The molecule has 1 aromatic carbocycles. The first kappa shape index (κ1) is 13.5. The van der Waals surface area contributed by atoms with Crippen LogP contribution in [0.3, 0.4) is 0 Å². The van der Waals surface area contributed by atoms with Crippen molar-refractivity contribution in [3.05, 3.63) is 35.9 Å². The molecule has 1 saturated heterocycles. The second-order valence-electron chi connectivity index (χ2n) is 5.22. The summed E-state index contributed by atoms with van der Waals surface area (Å²) >= 11 is 0. The number of nitrogens with zero attached hydrogens (tertiary/aromatic N) is 1. The Bertz CT molecular complexity index is 345. The molecular formula is C15H24N2O. The average Bonchev–Trinajstić information content (AvgIpc) is 2.36. The van der Waals surface area contributed by atoms with Crippen LogP contribution in [0, 0.1) is 0 Å². The van der Waals surface area contributed by atoms with Gasteiger partial charge in [0.1, 0.15) is 0 Å². The second kappa shape index (κ2) is 6.32. The van der Waals surface area contributed by atoms with Crippen LogP contribution in [-0.2, 0) is 4.74 Å². The van der Waals surface area contributed by atoms with E-state index >= 15 is 0 Å². The molecule has 100 valence electrons. The van der Waals surface area contributed by atoms with Crippen molar-refractivity contribution in [3.8, 4) is 0 Å². The number of hydrogen-bond acceptors (Lipinski definition) is 3. The average molecular weight is 248 g/mol. The Morgan fingerprint density at radius 2 is 1.83 bits per heavy atom. The monoisotopic (exact) mass is 248 g/mol. The van der Waals surface area contributed by atoms with Crippen molar-refractivity contribution in [1.29, 1.82) is 0 Å². The van der Waals surface area contributed by atoms with Gasteiger partial charge in [-0.15, -0.1) is 0 Å². The van der Waals surface area contributed by atoms with Crippen LogP contribution in [0.2, 0.25) is 0 Å². The number of hydrogen-bond donors (Lipinski definition) is 1. The highest BCUT2D eigenvalue weighted by Gasteiger charge is 2.28. The summed E-state index contributed by atoms with van der Waals surface area (Å²) in [5, 5.41) is 0. The lowest BCUT2D eigenvalue weighted by Gasteiger charge is -2.40. The van der Waals surface area contributed by atoms with Crippen LogP contribution in [-0.4, -0.2) is 36.7 Å². The van der Waals surface area contributed by atoms with Gasteiger partial charge in [-0.2, -0.15) is 0 Å². The fourth-order valence-electron chi connectivity index (χ4n) is 2.87. The van der Waals surface area contributed by atoms with E-state index in [-0.39, 0.29) is 0 Å². The van der Waals surface area contributed by atoms with E-state index in [0.29, 0.717) is 18.2 Å². The lowest BCUT2D eigenvalue weighted by molar-refractivity contribution is -0.0816. The second-order valence-corrected chi connectivity index (χ2v) is 5.22. The highest BCUT2D eigenvalue weighted by atomic mass is 16.5. The molecule has 3 nitrogen and oxygen atoms in total. The third-order valence-corrected chi connectivity index (χ3v) is 3.51. The molecule has 3 atom stereocenters. The molecule has 1 aliphatic rings. The van der Waals surface area contributed by atoms with Crippen LogP contribution < -0.4 is 5.73 Å². The van der Waals surface area contributed by atoms with Crippen LogP contribution in [0.1, 0.15) is 31.9 Å². The third-order valence-electron chi connectivity index (χ3n) is 3.51. The topological polar surface area (TPSA) is 38.5 Å². The Morgan fingerprint density at radius 1 is 1.22 bits per heavy atom. The van der Waals surface area contributed by atoms with Crippen LogP contribution >= 0.6 is 0 Å². The molecule has 0 aromatic heterocycles. The van der Waals surface area contributed by atoms with Gasteiger partial charge in [-0.3, -0.25) is 4.90 Å². The minimum Gasteiger partial charge on any atom is -0.373 e. The minimum absolute atomic E-state index is 0.303. The van der Waals surface area contributed by atoms with Crippen molar-refractivity contribution in [1.82, 2.24) is 4.90 Å². The summed E-state index contributed by atoms with van der Waals surface area (Å²) in [5.74, 6) is 0. The Morgan fingerprint density at radius 3 is 2.39 bits per heavy atom. The van der Waals surface area contributed by atoms with E-state index in [2.05, 4.69) is 49.1 Å². The molecule has 0 spiro atoms. The Labute approximate surface area is 110 Å². The summed E-state index contributed by atoms with van der Waals surface area (Å²) in [6, 6.07) is 11.1. The van der Waals surface area contributed by atoms with Crippen molar-refractivity contribution >= 4 is 0 Å². The number of morpholine rings is 1. The Kier molecular flexibility index (Phi) is 4.75. The molecule has 0 bridgehead atoms. The van der Waals surface area contributed by atoms with Gasteiger partial charge in [0.15, 0.2) is 0 Å². The number of nitrogens with two attached hydrogens (primary N) is 1. The van der Waals surface area contributed by atoms with Gasteiger partial charge in [0.25, 0.3) is 0 Å². The number of benzene rings is 1. The first-order chi connectivity index (χ1) is 8.70. The van der Waals surface area contributed by atoms with Gasteiger partial charge in [-0.25, -0.2) is 0 Å². The van der Waals surface area contributed by atoms with Crippen LogP contribution in [0.4, 0.5) is 0 Å². The fraction of sp³-hybridized carbons (Fsp3) is 0.600. The summed E-state index contributed by atoms with van der Waals surface area (Å²) < 4.78 is 5.81. The van der Waals surface area contributed by atoms with Crippen molar-refractivity contribution in [2.24, 2.45) is 5.73 Å². The summed E-state index contributed by atoms with van der Waals surface area (Å²) in [4.78, 5) is 2.51. The molecule has 3 heteroatoms. The quantitative estimate of drug-likeness (QED) is 0.887. The molecule has 0 radical (unpaired) electrons. The zero-order valence-corrected chi connectivity index (χ0v) is 11.4. The maximum Gasteiger partial charge on any atom is 0.0678 e. The van der Waals surface area contributed by atoms with Crippen molar-refractivity contribution in [3.63, 3.8) is 0 Å². The molecule has 1 heterocycles. The molecule has 3 unspecified atom stereocenters. The maximum absolute atomic E-state index is 5.81. The molecule has 0 aliphatic carbocycles. The predicted molar refractivity (Wildman–Crippen MR) is 74.4 cm³/mol. The SMILES string of the molecule is CC1CN(C(CCN)c2ccccc2)CC(C)O1. The van der Waals surface area contributed by atoms with Crippen molar-refractivity contribution in [2.75, 3.05) is 19.6 Å². The minimum atomic E-state index is 0.303. The Balaban J connectivity index is 2.14. The summed E-state index contributed by atoms with van der Waals surface area (Å²) in [5.41, 5.74) is 7.15. The first-order valence-corrected chi connectivity index (χ1v) is 6.85. The zero-order valence-electron chi connectivity index (χ0n) is 11.4. The van der Waals surface area contributed by atoms with Gasteiger partial charge in [-0.1, -0.05) is 30.3 Å². The third kappa shape index (κ3) is 3.31.